The van der Waals surface area contributed by atoms with Crippen LogP contribution in [0.5, 0.6) is 0 Å². The van der Waals surface area contributed by atoms with Gasteiger partial charge in [0, 0.05) is 25.0 Å². The number of nitrogens with one attached hydrogen (secondary N) is 1. The molecule has 2 aromatic rings. The first-order valence-corrected chi connectivity index (χ1v) is 6.92. The first kappa shape index (κ1) is 13.8. The van der Waals surface area contributed by atoms with Crippen LogP contribution in [-0.4, -0.2) is 32.9 Å². The number of pyridine rings is 1. The molecule has 0 atom stereocenters. The van der Waals surface area contributed by atoms with Crippen LogP contribution in [0.15, 0.2) is 18.3 Å². The highest BCUT2D eigenvalue weighted by Crippen LogP contribution is 2.14. The largest absolute Gasteiger partial charge is 0.355 e. The molecular formula is C13H17ClN4O. The predicted molar refractivity (Wildman–Crippen MR) is 75.3 cm³/mol. The summed E-state index contributed by atoms with van der Waals surface area (Å²) in [6, 6.07) is 3.72. The Hall–Kier alpha value is -1.62. The van der Waals surface area contributed by atoms with Crippen molar-refractivity contribution in [3.8, 4) is 0 Å². The van der Waals surface area contributed by atoms with Crippen molar-refractivity contribution in [2.45, 2.75) is 26.3 Å². The Bertz CT molecular complexity index is 567. The summed E-state index contributed by atoms with van der Waals surface area (Å²) in [6.07, 6.45) is 3.25. The molecule has 6 heteroatoms. The van der Waals surface area contributed by atoms with Gasteiger partial charge in [-0.2, -0.15) is 0 Å². The van der Waals surface area contributed by atoms with Crippen LogP contribution < -0.4 is 5.32 Å². The lowest BCUT2D eigenvalue weighted by Crippen LogP contribution is -2.28. The molecule has 102 valence electrons. The average Bonchev–Trinajstić information content (AvgIpc) is 2.75. The van der Waals surface area contributed by atoms with E-state index in [9.17, 15) is 4.79 Å². The maximum atomic E-state index is 11.8. The average molecular weight is 281 g/mol. The first-order valence-electron chi connectivity index (χ1n) is 6.39. The van der Waals surface area contributed by atoms with E-state index in [4.69, 9.17) is 11.6 Å². The summed E-state index contributed by atoms with van der Waals surface area (Å²) in [4.78, 5) is 20.6. The van der Waals surface area contributed by atoms with Crippen LogP contribution in [0, 0.1) is 0 Å². The molecule has 0 saturated heterocycles. The zero-order valence-corrected chi connectivity index (χ0v) is 11.7. The number of halogens is 1. The molecule has 0 saturated carbocycles. The molecular weight excluding hydrogens is 264 g/mol. The van der Waals surface area contributed by atoms with Crippen LogP contribution in [0.2, 0.25) is 0 Å². The van der Waals surface area contributed by atoms with Crippen LogP contribution in [0.4, 0.5) is 0 Å². The Morgan fingerprint density at radius 2 is 2.37 bits per heavy atom. The Labute approximate surface area is 117 Å². The monoisotopic (exact) mass is 280 g/mol. The third-order valence-corrected chi connectivity index (χ3v) is 2.96. The maximum Gasteiger partial charge on any atom is 0.240 e. The smallest absolute Gasteiger partial charge is 0.240 e. The summed E-state index contributed by atoms with van der Waals surface area (Å²) in [5.74, 6) is 1.25. The quantitative estimate of drug-likeness (QED) is 0.820. The van der Waals surface area contributed by atoms with Gasteiger partial charge in [0.05, 0.1) is 0 Å². The fraction of sp³-hybridized carbons (Fsp3) is 0.462. The molecule has 2 rings (SSSR count). The summed E-state index contributed by atoms with van der Waals surface area (Å²) < 4.78 is 1.84. The van der Waals surface area contributed by atoms with Gasteiger partial charge in [-0.25, -0.2) is 9.97 Å². The van der Waals surface area contributed by atoms with Gasteiger partial charge in [-0.15, -0.1) is 11.6 Å². The fourth-order valence-electron chi connectivity index (χ4n) is 1.91. The van der Waals surface area contributed by atoms with E-state index in [1.54, 1.807) is 6.20 Å². The van der Waals surface area contributed by atoms with Gasteiger partial charge >= 0.3 is 0 Å². The number of carbonyl (C=O) groups excluding carboxylic acids is 1. The lowest BCUT2D eigenvalue weighted by atomic mass is 10.4. The molecule has 0 aliphatic heterocycles. The molecule has 19 heavy (non-hydrogen) atoms. The number of aromatic nitrogens is 3. The highest BCUT2D eigenvalue weighted by molar-refractivity contribution is 6.17. The topological polar surface area (TPSA) is 59.8 Å². The Kier molecular flexibility index (Phi) is 4.74. The number of alkyl halides is 1. The number of imidazole rings is 1. The molecule has 0 bridgehead atoms. The van der Waals surface area contributed by atoms with E-state index < -0.39 is 0 Å². The molecule has 5 nitrogen and oxygen atoms in total. The number of fused-ring (bicyclic) bond motifs is 1. The van der Waals surface area contributed by atoms with E-state index in [-0.39, 0.29) is 12.5 Å². The van der Waals surface area contributed by atoms with Gasteiger partial charge in [-0.3, -0.25) is 4.79 Å². The fourth-order valence-corrected chi connectivity index (χ4v) is 2.08. The second-order valence-corrected chi connectivity index (χ2v) is 4.63. The van der Waals surface area contributed by atoms with Crippen LogP contribution >= 0.6 is 11.6 Å². The van der Waals surface area contributed by atoms with Gasteiger partial charge in [0.25, 0.3) is 0 Å². The molecule has 0 spiro atoms. The van der Waals surface area contributed by atoms with Crippen molar-refractivity contribution >= 4 is 28.7 Å². The Morgan fingerprint density at radius 1 is 1.53 bits per heavy atom. The number of amides is 1. The van der Waals surface area contributed by atoms with Crippen molar-refractivity contribution in [1.82, 2.24) is 19.9 Å². The lowest BCUT2D eigenvalue weighted by molar-refractivity contribution is -0.121. The molecule has 0 aliphatic rings. The second kappa shape index (κ2) is 6.52. The number of rotatable bonds is 6. The van der Waals surface area contributed by atoms with E-state index in [0.717, 1.165) is 23.4 Å². The molecule has 1 N–H and O–H groups in total. The summed E-state index contributed by atoms with van der Waals surface area (Å²) in [6.45, 7) is 2.94. The maximum absolute atomic E-state index is 11.8. The van der Waals surface area contributed by atoms with Crippen molar-refractivity contribution in [2.24, 2.45) is 0 Å². The standard InChI is InChI=1S/C13H17ClN4O/c1-2-7-15-12(19)9-18-11(5-6-14)17-10-4-3-8-16-13(10)18/h3-4,8H,2,5-7,9H2,1H3,(H,15,19). The summed E-state index contributed by atoms with van der Waals surface area (Å²) in [5, 5.41) is 2.86. The minimum atomic E-state index is -0.0253. The van der Waals surface area contributed by atoms with Gasteiger partial charge in [0.2, 0.25) is 5.91 Å². The van der Waals surface area contributed by atoms with E-state index in [2.05, 4.69) is 15.3 Å². The number of nitrogens with zero attached hydrogens (tertiary/aromatic N) is 3. The highest BCUT2D eigenvalue weighted by atomic mass is 35.5. The number of carbonyl (C=O) groups is 1. The van der Waals surface area contributed by atoms with Gasteiger partial charge in [-0.05, 0) is 18.6 Å². The van der Waals surface area contributed by atoms with Crippen molar-refractivity contribution in [2.75, 3.05) is 12.4 Å². The van der Waals surface area contributed by atoms with Crippen LogP contribution in [0.25, 0.3) is 11.2 Å². The van der Waals surface area contributed by atoms with Crippen molar-refractivity contribution in [3.63, 3.8) is 0 Å². The van der Waals surface area contributed by atoms with Crippen LogP contribution in [0.1, 0.15) is 19.2 Å². The molecule has 0 aromatic carbocycles. The highest BCUT2D eigenvalue weighted by Gasteiger charge is 2.13. The van der Waals surface area contributed by atoms with Crippen molar-refractivity contribution in [3.05, 3.63) is 24.2 Å². The lowest BCUT2D eigenvalue weighted by Gasteiger charge is -2.08. The Morgan fingerprint density at radius 3 is 3.11 bits per heavy atom. The molecule has 2 aromatic heterocycles. The predicted octanol–water partition coefficient (Wildman–Crippen LogP) is 1.74. The number of aryl methyl sites for hydroxylation is 1. The molecule has 0 fully saturated rings. The van der Waals surface area contributed by atoms with E-state index >= 15 is 0 Å². The Balaban J connectivity index is 2.28. The van der Waals surface area contributed by atoms with Crippen molar-refractivity contribution < 1.29 is 4.79 Å². The van der Waals surface area contributed by atoms with Gasteiger partial charge in [0.15, 0.2) is 5.65 Å². The molecule has 0 unspecified atom stereocenters. The SMILES string of the molecule is CCCNC(=O)Cn1c(CCCl)nc2cccnc21. The minimum Gasteiger partial charge on any atom is -0.355 e. The van der Waals surface area contributed by atoms with E-state index in [0.29, 0.717) is 18.8 Å². The zero-order chi connectivity index (χ0) is 13.7. The first-order chi connectivity index (χ1) is 9.26. The summed E-state index contributed by atoms with van der Waals surface area (Å²) >= 11 is 5.78. The van der Waals surface area contributed by atoms with E-state index in [1.807, 2.05) is 23.6 Å². The second-order valence-electron chi connectivity index (χ2n) is 4.25. The van der Waals surface area contributed by atoms with E-state index in [1.165, 1.54) is 0 Å². The molecule has 2 heterocycles. The normalized spacial score (nSPS) is 10.8. The molecule has 0 aliphatic carbocycles. The van der Waals surface area contributed by atoms with Gasteiger partial charge < -0.3 is 9.88 Å². The molecule has 0 radical (unpaired) electrons. The van der Waals surface area contributed by atoms with Crippen LogP contribution in [0.3, 0.4) is 0 Å². The van der Waals surface area contributed by atoms with Crippen LogP contribution in [-0.2, 0) is 17.8 Å². The minimum absolute atomic E-state index is 0.0253. The third-order valence-electron chi connectivity index (χ3n) is 2.77. The number of hydrogen-bond acceptors (Lipinski definition) is 3. The van der Waals surface area contributed by atoms with Gasteiger partial charge in [-0.1, -0.05) is 6.92 Å². The van der Waals surface area contributed by atoms with Crippen molar-refractivity contribution in [1.29, 1.82) is 0 Å². The molecule has 1 amide bonds. The summed E-state index contributed by atoms with van der Waals surface area (Å²) in [7, 11) is 0. The number of hydrogen-bond donors (Lipinski definition) is 1. The summed E-state index contributed by atoms with van der Waals surface area (Å²) in [5.41, 5.74) is 1.53. The third kappa shape index (κ3) is 3.23. The van der Waals surface area contributed by atoms with Gasteiger partial charge in [0.1, 0.15) is 17.9 Å². The zero-order valence-electron chi connectivity index (χ0n) is 10.9.